The number of aromatic nitrogens is 1. The van der Waals surface area contributed by atoms with E-state index in [-0.39, 0.29) is 5.91 Å². The second-order valence-corrected chi connectivity index (χ2v) is 6.78. The van der Waals surface area contributed by atoms with E-state index in [0.29, 0.717) is 17.1 Å². The molecule has 0 N–H and O–H groups in total. The van der Waals surface area contributed by atoms with E-state index in [1.165, 1.54) is 0 Å². The number of hydrogen-bond donors (Lipinski definition) is 0. The Balaban J connectivity index is 2.12. The first-order valence-electron chi connectivity index (χ1n) is 5.59. The predicted molar refractivity (Wildman–Crippen MR) is 86.8 cm³/mol. The summed E-state index contributed by atoms with van der Waals surface area (Å²) in [6.07, 6.45) is 0. The van der Waals surface area contributed by atoms with Crippen LogP contribution in [0.4, 0.5) is 0 Å². The van der Waals surface area contributed by atoms with Gasteiger partial charge in [-0.15, -0.1) is 11.3 Å². The van der Waals surface area contributed by atoms with Crippen LogP contribution in [0, 0.1) is 10.5 Å². The van der Waals surface area contributed by atoms with Crippen LogP contribution in [0.2, 0.25) is 5.02 Å². The second-order valence-electron chi connectivity index (χ2n) is 4.15. The molecule has 0 saturated carbocycles. The van der Waals surface area contributed by atoms with Gasteiger partial charge in [0.25, 0.3) is 5.91 Å². The average molecular weight is 407 g/mol. The summed E-state index contributed by atoms with van der Waals surface area (Å²) in [5.74, 6) is -0.0519. The number of rotatable bonds is 3. The number of carbonyl (C=O) groups excluding carboxylic acids is 1. The molecule has 0 bridgehead atoms. The molecular formula is C13H12ClIN2OS. The number of carbonyl (C=O) groups is 1. The van der Waals surface area contributed by atoms with Crippen molar-refractivity contribution in [1.29, 1.82) is 0 Å². The lowest BCUT2D eigenvalue weighted by molar-refractivity contribution is 0.0783. The number of aryl methyl sites for hydroxylation is 1. The minimum Gasteiger partial charge on any atom is -0.336 e. The van der Waals surface area contributed by atoms with Crippen molar-refractivity contribution in [3.05, 3.63) is 48.4 Å². The normalized spacial score (nSPS) is 10.5. The Labute approximate surface area is 134 Å². The molecule has 2 aromatic rings. The molecule has 0 fully saturated rings. The summed E-state index contributed by atoms with van der Waals surface area (Å²) in [6.45, 7) is 2.46. The third-order valence-electron chi connectivity index (χ3n) is 2.58. The van der Waals surface area contributed by atoms with Crippen LogP contribution < -0.4 is 0 Å². The molecular weight excluding hydrogens is 395 g/mol. The van der Waals surface area contributed by atoms with Crippen LogP contribution >= 0.6 is 45.5 Å². The van der Waals surface area contributed by atoms with E-state index in [4.69, 9.17) is 11.6 Å². The summed E-state index contributed by atoms with van der Waals surface area (Å²) in [5, 5.41) is 3.58. The molecule has 0 saturated heterocycles. The summed E-state index contributed by atoms with van der Waals surface area (Å²) < 4.78 is 0.939. The molecule has 0 aliphatic heterocycles. The molecule has 1 amide bonds. The van der Waals surface area contributed by atoms with Crippen molar-refractivity contribution in [2.75, 3.05) is 7.05 Å². The van der Waals surface area contributed by atoms with E-state index in [9.17, 15) is 4.79 Å². The fourth-order valence-electron chi connectivity index (χ4n) is 1.65. The van der Waals surface area contributed by atoms with Crippen LogP contribution in [-0.4, -0.2) is 22.8 Å². The summed E-state index contributed by atoms with van der Waals surface area (Å²) in [7, 11) is 1.77. The molecule has 0 unspecified atom stereocenters. The molecule has 1 heterocycles. The molecule has 3 nitrogen and oxygen atoms in total. The topological polar surface area (TPSA) is 33.2 Å². The van der Waals surface area contributed by atoms with Gasteiger partial charge in [0.1, 0.15) is 0 Å². The third-order valence-corrected chi connectivity index (χ3v) is 4.97. The Kier molecular flexibility index (Phi) is 4.81. The van der Waals surface area contributed by atoms with Gasteiger partial charge in [-0.1, -0.05) is 11.6 Å². The van der Waals surface area contributed by atoms with Gasteiger partial charge in [-0.3, -0.25) is 4.79 Å². The lowest BCUT2D eigenvalue weighted by Gasteiger charge is -2.16. The number of halogens is 2. The highest BCUT2D eigenvalue weighted by atomic mass is 127. The Morgan fingerprint density at radius 2 is 2.26 bits per heavy atom. The predicted octanol–water partition coefficient (Wildman–Crippen LogP) is 3.98. The highest BCUT2D eigenvalue weighted by molar-refractivity contribution is 14.1. The minimum absolute atomic E-state index is 0.0519. The maximum absolute atomic E-state index is 12.3. The third kappa shape index (κ3) is 3.67. The fraction of sp³-hybridized carbons (Fsp3) is 0.231. The lowest BCUT2D eigenvalue weighted by Crippen LogP contribution is -2.26. The molecule has 6 heteroatoms. The van der Waals surface area contributed by atoms with E-state index in [1.54, 1.807) is 35.4 Å². The largest absolute Gasteiger partial charge is 0.336 e. The average Bonchev–Trinajstić information content (AvgIpc) is 2.77. The molecule has 0 aliphatic carbocycles. The zero-order valence-corrected chi connectivity index (χ0v) is 14.2. The summed E-state index contributed by atoms with van der Waals surface area (Å²) in [4.78, 5) is 18.3. The van der Waals surface area contributed by atoms with Gasteiger partial charge in [-0.05, 0) is 47.7 Å². The van der Waals surface area contributed by atoms with Crippen LogP contribution in [0.25, 0.3) is 0 Å². The minimum atomic E-state index is -0.0519. The van der Waals surface area contributed by atoms with Crippen molar-refractivity contribution in [2.45, 2.75) is 13.5 Å². The molecule has 0 radical (unpaired) electrons. The monoisotopic (exact) mass is 406 g/mol. The summed E-state index contributed by atoms with van der Waals surface area (Å²) in [6, 6.07) is 5.34. The molecule has 0 spiro atoms. The van der Waals surface area contributed by atoms with Crippen LogP contribution in [0.3, 0.4) is 0 Å². The first-order chi connectivity index (χ1) is 8.97. The van der Waals surface area contributed by atoms with Crippen LogP contribution in [0.5, 0.6) is 0 Å². The molecule has 2 rings (SSSR count). The van der Waals surface area contributed by atoms with E-state index in [2.05, 4.69) is 27.6 Å². The van der Waals surface area contributed by atoms with Gasteiger partial charge in [-0.25, -0.2) is 4.98 Å². The first-order valence-corrected chi connectivity index (χ1v) is 7.92. The van der Waals surface area contributed by atoms with Gasteiger partial charge < -0.3 is 4.90 Å². The van der Waals surface area contributed by atoms with Crippen molar-refractivity contribution in [1.82, 2.24) is 9.88 Å². The van der Waals surface area contributed by atoms with Gasteiger partial charge in [0.05, 0.1) is 22.3 Å². The summed E-state index contributed by atoms with van der Waals surface area (Å²) >= 11 is 9.76. The van der Waals surface area contributed by atoms with Crippen LogP contribution in [0.1, 0.15) is 21.1 Å². The van der Waals surface area contributed by atoms with E-state index in [1.807, 2.05) is 18.4 Å². The molecule has 0 atom stereocenters. The number of thiazole rings is 1. The molecule has 0 aliphatic rings. The second kappa shape index (κ2) is 6.19. The number of nitrogens with zero attached hydrogens (tertiary/aromatic N) is 2. The zero-order valence-electron chi connectivity index (χ0n) is 10.5. The zero-order chi connectivity index (χ0) is 14.0. The molecule has 1 aromatic heterocycles. The standard InChI is InChI=1S/C13H12ClIN2OS/c1-8-16-10(7-19-8)6-17(2)13(18)9-3-4-12(15)11(14)5-9/h3-5,7H,6H2,1-2H3. The number of amides is 1. The Morgan fingerprint density at radius 1 is 1.53 bits per heavy atom. The van der Waals surface area contributed by atoms with E-state index in [0.717, 1.165) is 14.3 Å². The smallest absolute Gasteiger partial charge is 0.254 e. The van der Waals surface area contributed by atoms with Gasteiger partial charge in [0.15, 0.2) is 0 Å². The van der Waals surface area contributed by atoms with Crippen molar-refractivity contribution in [3.8, 4) is 0 Å². The molecule has 100 valence electrons. The van der Waals surface area contributed by atoms with Gasteiger partial charge in [-0.2, -0.15) is 0 Å². The lowest BCUT2D eigenvalue weighted by atomic mass is 10.2. The first kappa shape index (κ1) is 14.7. The maximum atomic E-state index is 12.3. The van der Waals surface area contributed by atoms with Crippen molar-refractivity contribution in [2.24, 2.45) is 0 Å². The summed E-state index contributed by atoms with van der Waals surface area (Å²) in [5.41, 5.74) is 1.51. The van der Waals surface area contributed by atoms with E-state index < -0.39 is 0 Å². The van der Waals surface area contributed by atoms with Crippen LogP contribution in [0.15, 0.2) is 23.6 Å². The number of benzene rings is 1. The Hall–Kier alpha value is -0.660. The molecule has 1 aromatic carbocycles. The fourth-order valence-corrected chi connectivity index (χ4v) is 2.77. The highest BCUT2D eigenvalue weighted by Gasteiger charge is 2.14. The van der Waals surface area contributed by atoms with Crippen molar-refractivity contribution in [3.63, 3.8) is 0 Å². The Morgan fingerprint density at radius 3 is 2.84 bits per heavy atom. The maximum Gasteiger partial charge on any atom is 0.254 e. The van der Waals surface area contributed by atoms with Crippen LogP contribution in [-0.2, 0) is 6.54 Å². The van der Waals surface area contributed by atoms with E-state index >= 15 is 0 Å². The van der Waals surface area contributed by atoms with Crippen molar-refractivity contribution < 1.29 is 4.79 Å². The molecule has 19 heavy (non-hydrogen) atoms. The Bertz CT molecular complexity index is 614. The highest BCUT2D eigenvalue weighted by Crippen LogP contribution is 2.20. The van der Waals surface area contributed by atoms with Gasteiger partial charge in [0.2, 0.25) is 0 Å². The quantitative estimate of drug-likeness (QED) is 0.722. The van der Waals surface area contributed by atoms with Crippen molar-refractivity contribution >= 4 is 51.4 Å². The van der Waals surface area contributed by atoms with Gasteiger partial charge in [0, 0.05) is 21.6 Å². The number of hydrogen-bond acceptors (Lipinski definition) is 3. The van der Waals surface area contributed by atoms with Gasteiger partial charge >= 0.3 is 0 Å². The SMILES string of the molecule is Cc1nc(CN(C)C(=O)c2ccc(I)c(Cl)c2)cs1.